The molecule has 5 nitrogen and oxygen atoms in total. The summed E-state index contributed by atoms with van der Waals surface area (Å²) in [4.78, 5) is 11.1. The van der Waals surface area contributed by atoms with Gasteiger partial charge in [0.25, 0.3) is 0 Å². The first kappa shape index (κ1) is 12.1. The molecule has 0 saturated carbocycles. The molecule has 0 aliphatic rings. The van der Waals surface area contributed by atoms with E-state index in [1.807, 2.05) is 17.7 Å². The molecule has 0 amide bonds. The minimum absolute atomic E-state index is 0.103. The molecule has 0 bridgehead atoms. The standard InChI is InChI=1S/C12H8ClN3O2S/c1-6-4-19-5-8(6)10-14-15-11-9(13)2-7(12(17)18)3-16(10)11/h2-5H,1H3,(H,17,18). The Bertz CT molecular complexity index is 793. The minimum Gasteiger partial charge on any atom is -0.478 e. The van der Waals surface area contributed by atoms with Crippen LogP contribution in [-0.2, 0) is 0 Å². The molecule has 1 N–H and O–H groups in total. The predicted molar refractivity (Wildman–Crippen MR) is 73.0 cm³/mol. The summed E-state index contributed by atoms with van der Waals surface area (Å²) in [7, 11) is 0. The highest BCUT2D eigenvalue weighted by Crippen LogP contribution is 2.28. The summed E-state index contributed by atoms with van der Waals surface area (Å²) in [6.07, 6.45) is 1.48. The lowest BCUT2D eigenvalue weighted by Gasteiger charge is -2.02. The number of aromatic nitrogens is 3. The highest BCUT2D eigenvalue weighted by molar-refractivity contribution is 7.08. The molecule has 3 aromatic heterocycles. The number of pyridine rings is 1. The number of aryl methyl sites for hydroxylation is 1. The van der Waals surface area contributed by atoms with E-state index in [9.17, 15) is 4.79 Å². The summed E-state index contributed by atoms with van der Waals surface area (Å²) in [6, 6.07) is 1.37. The number of fused-ring (bicyclic) bond motifs is 1. The Labute approximate surface area is 117 Å². The summed E-state index contributed by atoms with van der Waals surface area (Å²) in [5.41, 5.74) is 2.55. The zero-order chi connectivity index (χ0) is 13.6. The number of hydrogen-bond donors (Lipinski definition) is 1. The van der Waals surface area contributed by atoms with Gasteiger partial charge >= 0.3 is 5.97 Å². The molecule has 3 aromatic rings. The number of halogens is 1. The lowest BCUT2D eigenvalue weighted by atomic mass is 10.2. The second-order valence-electron chi connectivity index (χ2n) is 4.07. The van der Waals surface area contributed by atoms with Gasteiger partial charge in [-0.15, -0.1) is 10.2 Å². The molecule has 0 fully saturated rings. The second-order valence-corrected chi connectivity index (χ2v) is 5.22. The second kappa shape index (κ2) is 4.32. The summed E-state index contributed by atoms with van der Waals surface area (Å²) < 4.78 is 1.61. The lowest BCUT2D eigenvalue weighted by molar-refractivity contribution is 0.0696. The molecule has 7 heteroatoms. The largest absolute Gasteiger partial charge is 0.478 e. The molecule has 0 aliphatic heterocycles. The quantitative estimate of drug-likeness (QED) is 0.788. The normalized spacial score (nSPS) is 11.1. The van der Waals surface area contributed by atoms with Crippen LogP contribution >= 0.6 is 22.9 Å². The van der Waals surface area contributed by atoms with Crippen molar-refractivity contribution in [1.82, 2.24) is 14.6 Å². The first-order valence-electron chi connectivity index (χ1n) is 5.38. The molecule has 0 atom stereocenters. The summed E-state index contributed by atoms with van der Waals surface area (Å²) in [5.74, 6) is -0.441. The summed E-state index contributed by atoms with van der Waals surface area (Å²) in [6.45, 7) is 1.97. The topological polar surface area (TPSA) is 67.5 Å². The maximum absolute atomic E-state index is 11.1. The van der Waals surface area contributed by atoms with Gasteiger partial charge in [-0.25, -0.2) is 4.79 Å². The van der Waals surface area contributed by atoms with Crippen molar-refractivity contribution in [1.29, 1.82) is 0 Å². The third-order valence-electron chi connectivity index (χ3n) is 2.80. The van der Waals surface area contributed by atoms with Crippen molar-refractivity contribution in [2.75, 3.05) is 0 Å². The van der Waals surface area contributed by atoms with Gasteiger partial charge in [-0.3, -0.25) is 4.40 Å². The Morgan fingerprint density at radius 3 is 2.84 bits per heavy atom. The highest BCUT2D eigenvalue weighted by Gasteiger charge is 2.16. The first-order valence-corrected chi connectivity index (χ1v) is 6.70. The fourth-order valence-electron chi connectivity index (χ4n) is 1.84. The smallest absolute Gasteiger partial charge is 0.337 e. The van der Waals surface area contributed by atoms with Gasteiger partial charge in [-0.05, 0) is 23.9 Å². The number of rotatable bonds is 2. The van der Waals surface area contributed by atoms with E-state index < -0.39 is 5.97 Å². The molecule has 0 radical (unpaired) electrons. The van der Waals surface area contributed by atoms with Gasteiger partial charge in [0, 0.05) is 17.1 Å². The lowest BCUT2D eigenvalue weighted by Crippen LogP contribution is -2.00. The van der Waals surface area contributed by atoms with E-state index in [1.165, 1.54) is 12.3 Å². The molecular formula is C12H8ClN3O2S. The van der Waals surface area contributed by atoms with Crippen molar-refractivity contribution in [3.63, 3.8) is 0 Å². The van der Waals surface area contributed by atoms with Crippen LogP contribution in [0.25, 0.3) is 17.0 Å². The maximum Gasteiger partial charge on any atom is 0.337 e. The van der Waals surface area contributed by atoms with Crippen LogP contribution in [0.1, 0.15) is 15.9 Å². The average molecular weight is 294 g/mol. The molecular weight excluding hydrogens is 286 g/mol. The Morgan fingerprint density at radius 2 is 2.21 bits per heavy atom. The van der Waals surface area contributed by atoms with Crippen LogP contribution < -0.4 is 0 Å². The average Bonchev–Trinajstić information content (AvgIpc) is 2.94. The van der Waals surface area contributed by atoms with E-state index >= 15 is 0 Å². The molecule has 0 unspecified atom stereocenters. The van der Waals surface area contributed by atoms with Gasteiger partial charge in [-0.2, -0.15) is 11.3 Å². The van der Waals surface area contributed by atoms with Crippen molar-refractivity contribution < 1.29 is 9.90 Å². The number of thiophene rings is 1. The molecule has 96 valence electrons. The van der Waals surface area contributed by atoms with Crippen molar-refractivity contribution in [3.05, 3.63) is 39.2 Å². The summed E-state index contributed by atoms with van der Waals surface area (Å²) in [5, 5.41) is 21.4. The molecule has 0 spiro atoms. The Morgan fingerprint density at radius 1 is 1.42 bits per heavy atom. The molecule has 0 saturated heterocycles. The number of nitrogens with zero attached hydrogens (tertiary/aromatic N) is 3. The number of aromatic carboxylic acids is 1. The van der Waals surface area contributed by atoms with E-state index in [4.69, 9.17) is 16.7 Å². The Hall–Kier alpha value is -1.92. The monoisotopic (exact) mass is 293 g/mol. The van der Waals surface area contributed by atoms with Crippen LogP contribution in [0.3, 0.4) is 0 Å². The highest BCUT2D eigenvalue weighted by atomic mass is 35.5. The van der Waals surface area contributed by atoms with Crippen LogP contribution in [0.4, 0.5) is 0 Å². The molecule has 0 aliphatic carbocycles. The third kappa shape index (κ3) is 1.89. The minimum atomic E-state index is -1.04. The van der Waals surface area contributed by atoms with Crippen molar-refractivity contribution >= 4 is 34.6 Å². The van der Waals surface area contributed by atoms with Crippen molar-refractivity contribution in [3.8, 4) is 11.4 Å². The third-order valence-corrected chi connectivity index (χ3v) is 3.94. The van der Waals surface area contributed by atoms with Gasteiger partial charge in [-0.1, -0.05) is 11.6 Å². The zero-order valence-corrected chi connectivity index (χ0v) is 11.4. The van der Waals surface area contributed by atoms with E-state index in [0.717, 1.165) is 11.1 Å². The Balaban J connectivity index is 2.33. The fourth-order valence-corrected chi connectivity index (χ4v) is 2.92. The van der Waals surface area contributed by atoms with E-state index in [-0.39, 0.29) is 10.6 Å². The Kier molecular flexibility index (Phi) is 2.76. The molecule has 19 heavy (non-hydrogen) atoms. The van der Waals surface area contributed by atoms with Crippen molar-refractivity contribution in [2.24, 2.45) is 0 Å². The van der Waals surface area contributed by atoms with Crippen LogP contribution in [0.5, 0.6) is 0 Å². The van der Waals surface area contributed by atoms with Gasteiger partial charge in [0.15, 0.2) is 11.5 Å². The number of carbonyl (C=O) groups is 1. The summed E-state index contributed by atoms with van der Waals surface area (Å²) >= 11 is 7.59. The van der Waals surface area contributed by atoms with Crippen LogP contribution in [0, 0.1) is 6.92 Å². The van der Waals surface area contributed by atoms with Gasteiger partial charge in [0.05, 0.1) is 10.6 Å². The zero-order valence-electron chi connectivity index (χ0n) is 9.79. The van der Waals surface area contributed by atoms with Gasteiger partial charge in [0.2, 0.25) is 0 Å². The molecule has 0 aromatic carbocycles. The van der Waals surface area contributed by atoms with Gasteiger partial charge < -0.3 is 5.11 Å². The number of carboxylic acid groups (broad SMARTS) is 1. The number of carboxylic acids is 1. The van der Waals surface area contributed by atoms with E-state index in [1.54, 1.807) is 15.7 Å². The molecule has 3 heterocycles. The molecule has 3 rings (SSSR count). The first-order chi connectivity index (χ1) is 9.08. The van der Waals surface area contributed by atoms with Gasteiger partial charge in [0.1, 0.15) is 0 Å². The van der Waals surface area contributed by atoms with E-state index in [2.05, 4.69) is 10.2 Å². The van der Waals surface area contributed by atoms with Crippen molar-refractivity contribution in [2.45, 2.75) is 6.92 Å². The van der Waals surface area contributed by atoms with E-state index in [0.29, 0.717) is 11.5 Å². The SMILES string of the molecule is Cc1cscc1-c1nnc2c(Cl)cc(C(=O)O)cn12. The number of hydrogen-bond acceptors (Lipinski definition) is 4. The fraction of sp³-hybridized carbons (Fsp3) is 0.0833. The van der Waals surface area contributed by atoms with Crippen LogP contribution in [0.2, 0.25) is 5.02 Å². The maximum atomic E-state index is 11.1. The van der Waals surface area contributed by atoms with Crippen LogP contribution in [0.15, 0.2) is 23.0 Å². The predicted octanol–water partition coefficient (Wildman–Crippen LogP) is 3.12. The van der Waals surface area contributed by atoms with Crippen LogP contribution in [-0.4, -0.2) is 25.7 Å².